The van der Waals surface area contributed by atoms with Crippen LogP contribution in [0.15, 0.2) is 22.9 Å². The highest BCUT2D eigenvalue weighted by atomic mass is 79.9. The van der Waals surface area contributed by atoms with E-state index in [2.05, 4.69) is 20.9 Å². The molecule has 0 amide bonds. The van der Waals surface area contributed by atoms with E-state index in [0.29, 0.717) is 0 Å². The molecule has 0 unspecified atom stereocenters. The van der Waals surface area contributed by atoms with Crippen molar-refractivity contribution < 1.29 is 0 Å². The summed E-state index contributed by atoms with van der Waals surface area (Å²) in [5, 5.41) is 0. The summed E-state index contributed by atoms with van der Waals surface area (Å²) in [7, 11) is 0. The van der Waals surface area contributed by atoms with Gasteiger partial charge in [-0.25, -0.2) is 0 Å². The van der Waals surface area contributed by atoms with Crippen LogP contribution in [-0.4, -0.2) is 4.98 Å². The first-order chi connectivity index (χ1) is 4.70. The lowest BCUT2D eigenvalue weighted by Gasteiger charge is -2.03. The fraction of sp³-hybridized carbons (Fsp3) is 0.286. The normalized spacial score (nSPS) is 10.9. The Bertz CT molecular complexity index is 230. The van der Waals surface area contributed by atoms with Gasteiger partial charge in [0.2, 0.25) is 0 Å². The summed E-state index contributed by atoms with van der Waals surface area (Å²) in [5.41, 5.74) is 6.67. The van der Waals surface area contributed by atoms with Crippen LogP contribution in [0.4, 0.5) is 0 Å². The van der Waals surface area contributed by atoms with E-state index >= 15 is 0 Å². The molecule has 2 nitrogen and oxygen atoms in total. The number of rotatable bonds is 1. The highest BCUT2D eigenvalue weighted by Gasteiger charge is 1.98. The van der Waals surface area contributed by atoms with Crippen molar-refractivity contribution in [1.29, 1.82) is 0 Å². The second kappa shape index (κ2) is 6.66. The van der Waals surface area contributed by atoms with Crippen LogP contribution in [0, 0.1) is 0 Å². The zero-order valence-corrected chi connectivity index (χ0v) is 9.75. The Morgan fingerprint density at radius 1 is 1.42 bits per heavy atom. The molecule has 0 aliphatic carbocycles. The van der Waals surface area contributed by atoms with Crippen LogP contribution >= 0.6 is 40.7 Å². The van der Waals surface area contributed by atoms with Crippen molar-refractivity contribution in [2.45, 2.75) is 13.0 Å². The van der Waals surface area contributed by atoms with Gasteiger partial charge in [-0.05, 0) is 34.5 Å². The van der Waals surface area contributed by atoms with E-state index < -0.39 is 0 Å². The maximum absolute atomic E-state index is 5.62. The van der Waals surface area contributed by atoms with Gasteiger partial charge in [0, 0.05) is 22.9 Å². The van der Waals surface area contributed by atoms with E-state index in [1.807, 2.05) is 13.0 Å². The number of hydrogen-bond acceptors (Lipinski definition) is 2. The van der Waals surface area contributed by atoms with Crippen molar-refractivity contribution in [3.8, 4) is 0 Å². The molecule has 0 aliphatic rings. The van der Waals surface area contributed by atoms with Crippen LogP contribution in [0.1, 0.15) is 18.5 Å². The van der Waals surface area contributed by atoms with Crippen molar-refractivity contribution in [2.75, 3.05) is 0 Å². The van der Waals surface area contributed by atoms with Crippen molar-refractivity contribution in [3.05, 3.63) is 28.5 Å². The molecule has 1 aromatic heterocycles. The van der Waals surface area contributed by atoms with E-state index in [9.17, 15) is 0 Å². The highest BCUT2D eigenvalue weighted by Crippen LogP contribution is 2.13. The molecule has 1 heterocycles. The molecule has 0 saturated heterocycles. The van der Waals surface area contributed by atoms with E-state index in [-0.39, 0.29) is 30.9 Å². The Kier molecular flexibility index (Phi) is 8.15. The second-order valence-electron chi connectivity index (χ2n) is 2.23. The van der Waals surface area contributed by atoms with Gasteiger partial charge in [-0.3, -0.25) is 4.98 Å². The highest BCUT2D eigenvalue weighted by molar-refractivity contribution is 9.10. The number of hydrogen-bond donors (Lipinski definition) is 1. The van der Waals surface area contributed by atoms with E-state index in [1.165, 1.54) is 0 Å². The third-order valence-electron chi connectivity index (χ3n) is 1.25. The predicted octanol–water partition coefficient (Wildman–Crippen LogP) is 2.71. The topological polar surface area (TPSA) is 38.9 Å². The molecule has 1 rings (SSSR count). The molecular formula is C7H11BrCl2N2. The van der Waals surface area contributed by atoms with Crippen LogP contribution in [0.2, 0.25) is 0 Å². The maximum atomic E-state index is 5.62. The summed E-state index contributed by atoms with van der Waals surface area (Å²) in [6.07, 6.45) is 3.52. The van der Waals surface area contributed by atoms with Gasteiger partial charge >= 0.3 is 0 Å². The number of halogens is 3. The van der Waals surface area contributed by atoms with Gasteiger partial charge in [-0.1, -0.05) is 0 Å². The lowest BCUT2D eigenvalue weighted by molar-refractivity contribution is 0.810. The molecule has 0 aromatic carbocycles. The molecule has 0 radical (unpaired) electrons. The van der Waals surface area contributed by atoms with Gasteiger partial charge in [-0.15, -0.1) is 24.8 Å². The Balaban J connectivity index is 0. The van der Waals surface area contributed by atoms with Crippen LogP contribution < -0.4 is 5.73 Å². The van der Waals surface area contributed by atoms with Gasteiger partial charge < -0.3 is 5.73 Å². The first kappa shape index (κ1) is 14.7. The lowest BCUT2D eigenvalue weighted by atomic mass is 10.2. The first-order valence-electron chi connectivity index (χ1n) is 3.06. The monoisotopic (exact) mass is 272 g/mol. The van der Waals surface area contributed by atoms with E-state index in [1.54, 1.807) is 12.4 Å². The Labute approximate surface area is 92.9 Å². The number of pyridine rings is 1. The summed E-state index contributed by atoms with van der Waals surface area (Å²) in [4.78, 5) is 3.98. The minimum atomic E-state index is 0. The van der Waals surface area contributed by atoms with Crippen molar-refractivity contribution >= 4 is 40.7 Å². The summed E-state index contributed by atoms with van der Waals surface area (Å²) in [6, 6.07) is 2.03. The summed E-state index contributed by atoms with van der Waals surface area (Å²) in [6.45, 7) is 1.93. The van der Waals surface area contributed by atoms with E-state index in [0.717, 1.165) is 10.0 Å². The van der Waals surface area contributed by atoms with Crippen LogP contribution in [0.5, 0.6) is 0 Å². The summed E-state index contributed by atoms with van der Waals surface area (Å²) < 4.78 is 0.974. The number of nitrogens with zero attached hydrogens (tertiary/aromatic N) is 1. The van der Waals surface area contributed by atoms with Crippen LogP contribution in [0.3, 0.4) is 0 Å². The molecule has 0 bridgehead atoms. The Morgan fingerprint density at radius 2 is 2.00 bits per heavy atom. The largest absolute Gasteiger partial charge is 0.324 e. The average Bonchev–Trinajstić information content (AvgIpc) is 1.88. The van der Waals surface area contributed by atoms with Gasteiger partial charge in [0.1, 0.15) is 0 Å². The molecule has 12 heavy (non-hydrogen) atoms. The third kappa shape index (κ3) is 4.26. The average molecular weight is 274 g/mol. The maximum Gasteiger partial charge on any atom is 0.0410 e. The molecular weight excluding hydrogens is 263 g/mol. The van der Waals surface area contributed by atoms with Gasteiger partial charge in [0.25, 0.3) is 0 Å². The molecule has 1 aromatic rings. The van der Waals surface area contributed by atoms with Crippen LogP contribution in [-0.2, 0) is 0 Å². The van der Waals surface area contributed by atoms with Gasteiger partial charge in [0.15, 0.2) is 0 Å². The van der Waals surface area contributed by atoms with Crippen molar-refractivity contribution in [3.63, 3.8) is 0 Å². The molecule has 2 N–H and O–H groups in total. The summed E-state index contributed by atoms with van der Waals surface area (Å²) in [5.74, 6) is 0. The Hall–Kier alpha value is 0.170. The van der Waals surface area contributed by atoms with Crippen molar-refractivity contribution in [1.82, 2.24) is 4.98 Å². The minimum Gasteiger partial charge on any atom is -0.324 e. The number of aromatic nitrogens is 1. The smallest absolute Gasteiger partial charge is 0.0410 e. The molecule has 0 fully saturated rings. The van der Waals surface area contributed by atoms with Crippen molar-refractivity contribution in [2.24, 2.45) is 5.73 Å². The van der Waals surface area contributed by atoms with Gasteiger partial charge in [0.05, 0.1) is 0 Å². The SMILES string of the molecule is C[C@@H](N)c1cncc(Br)c1.Cl.Cl. The lowest BCUT2D eigenvalue weighted by Crippen LogP contribution is -2.04. The quantitative estimate of drug-likeness (QED) is 0.855. The molecule has 0 spiro atoms. The van der Waals surface area contributed by atoms with Crippen LogP contribution in [0.25, 0.3) is 0 Å². The predicted molar refractivity (Wildman–Crippen MR) is 59.0 cm³/mol. The molecule has 70 valence electrons. The first-order valence-corrected chi connectivity index (χ1v) is 3.85. The second-order valence-corrected chi connectivity index (χ2v) is 3.14. The Morgan fingerprint density at radius 3 is 2.33 bits per heavy atom. The minimum absolute atomic E-state index is 0. The molecule has 0 aliphatic heterocycles. The molecule has 5 heteroatoms. The van der Waals surface area contributed by atoms with Gasteiger partial charge in [-0.2, -0.15) is 0 Å². The zero-order chi connectivity index (χ0) is 7.56. The fourth-order valence-electron chi connectivity index (χ4n) is 0.677. The van der Waals surface area contributed by atoms with E-state index in [4.69, 9.17) is 5.73 Å². The number of nitrogens with two attached hydrogens (primary N) is 1. The molecule has 1 atom stereocenters. The standard InChI is InChI=1S/C7H9BrN2.2ClH/c1-5(9)6-2-7(8)4-10-3-6;;/h2-5H,9H2,1H3;2*1H/t5-;;/m1../s1. The summed E-state index contributed by atoms with van der Waals surface area (Å²) >= 11 is 3.31. The fourth-order valence-corrected chi connectivity index (χ4v) is 1.06. The molecule has 0 saturated carbocycles. The third-order valence-corrected chi connectivity index (χ3v) is 1.69. The zero-order valence-electron chi connectivity index (χ0n) is 6.53.